The Morgan fingerprint density at radius 3 is 1.73 bits per heavy atom. The van der Waals surface area contributed by atoms with Crippen LogP contribution in [0.1, 0.15) is 0 Å². The highest BCUT2D eigenvalue weighted by Crippen LogP contribution is 2.47. The van der Waals surface area contributed by atoms with E-state index in [1.165, 1.54) is 16.3 Å². The normalized spacial score (nSPS) is 11.7. The molecule has 0 fully saturated rings. The van der Waals surface area contributed by atoms with E-state index in [1.54, 1.807) is 0 Å². The van der Waals surface area contributed by atoms with Crippen molar-refractivity contribution in [2.75, 3.05) is 0 Å². The van der Waals surface area contributed by atoms with Gasteiger partial charge in [-0.05, 0) is 57.1 Å². The Labute approximate surface area is 260 Å². The molecule has 1 aliphatic rings. The molecule has 4 heteroatoms. The quantitative estimate of drug-likeness (QED) is 0.209. The van der Waals surface area contributed by atoms with Crippen molar-refractivity contribution in [2.45, 2.75) is 0 Å². The highest BCUT2D eigenvalue weighted by Gasteiger charge is 2.20. The fraction of sp³-hybridized carbons (Fsp3) is 0. The number of hydrogen-bond donors (Lipinski definition) is 0. The van der Waals surface area contributed by atoms with Crippen molar-refractivity contribution in [1.82, 2.24) is 15.0 Å². The highest BCUT2D eigenvalue weighted by atomic mass is 16.5. The van der Waals surface area contributed by atoms with Crippen LogP contribution in [0.25, 0.3) is 78.0 Å². The van der Waals surface area contributed by atoms with Crippen LogP contribution < -0.4 is 4.74 Å². The number of ether oxygens (including phenoxy) is 1. The van der Waals surface area contributed by atoms with E-state index in [0.717, 1.165) is 55.7 Å². The van der Waals surface area contributed by atoms with Gasteiger partial charge < -0.3 is 4.74 Å². The minimum absolute atomic E-state index is 0.640. The molecule has 0 atom stereocenters. The fourth-order valence-corrected chi connectivity index (χ4v) is 6.23. The molecule has 0 spiro atoms. The lowest BCUT2D eigenvalue weighted by molar-refractivity contribution is 0.487. The Balaban J connectivity index is 1.12. The molecule has 1 aromatic heterocycles. The standard InChI is InChI=1S/C41H25N3O/c1-2-9-29(10-3-1)39-42-40(44-41(43-39)33-21-18-26-8-4-5-11-31(26)24-33)30-19-16-27(17-20-30)32-22-23-36-35(25-32)34-14-6-12-28-13-7-15-37(45-36)38(28)34/h1-25H. The number of aromatic nitrogens is 3. The number of fused-ring (bicyclic) bond motifs is 3. The van der Waals surface area contributed by atoms with Crippen LogP contribution in [0.4, 0.5) is 0 Å². The molecule has 0 unspecified atom stereocenters. The van der Waals surface area contributed by atoms with E-state index in [-0.39, 0.29) is 0 Å². The third-order valence-electron chi connectivity index (χ3n) is 8.51. The summed E-state index contributed by atoms with van der Waals surface area (Å²) in [4.78, 5) is 14.8. The molecule has 4 nitrogen and oxygen atoms in total. The lowest BCUT2D eigenvalue weighted by Crippen LogP contribution is -2.00. The maximum Gasteiger partial charge on any atom is 0.164 e. The van der Waals surface area contributed by atoms with Crippen LogP contribution in [0.15, 0.2) is 152 Å². The average molecular weight is 576 g/mol. The van der Waals surface area contributed by atoms with Crippen molar-refractivity contribution in [3.8, 4) is 67.9 Å². The van der Waals surface area contributed by atoms with Crippen molar-refractivity contribution in [3.63, 3.8) is 0 Å². The predicted octanol–water partition coefficient (Wildman–Crippen LogP) is 10.6. The van der Waals surface area contributed by atoms with Gasteiger partial charge in [0.15, 0.2) is 17.5 Å². The molecule has 210 valence electrons. The number of hydrogen-bond acceptors (Lipinski definition) is 4. The zero-order valence-electron chi connectivity index (χ0n) is 24.2. The molecule has 0 bridgehead atoms. The summed E-state index contributed by atoms with van der Waals surface area (Å²) >= 11 is 0. The first-order valence-electron chi connectivity index (χ1n) is 15.0. The van der Waals surface area contributed by atoms with Crippen LogP contribution in [-0.2, 0) is 0 Å². The maximum absolute atomic E-state index is 6.31. The smallest absolute Gasteiger partial charge is 0.164 e. The predicted molar refractivity (Wildman–Crippen MR) is 182 cm³/mol. The third-order valence-corrected chi connectivity index (χ3v) is 8.51. The first kappa shape index (κ1) is 25.4. The van der Waals surface area contributed by atoms with E-state index < -0.39 is 0 Å². The maximum atomic E-state index is 6.31. The topological polar surface area (TPSA) is 47.9 Å². The molecular weight excluding hydrogens is 550 g/mol. The molecule has 45 heavy (non-hydrogen) atoms. The minimum Gasteiger partial charge on any atom is -0.456 e. The molecule has 8 aromatic rings. The van der Waals surface area contributed by atoms with Gasteiger partial charge in [0.2, 0.25) is 0 Å². The minimum atomic E-state index is 0.640. The van der Waals surface area contributed by atoms with Crippen molar-refractivity contribution < 1.29 is 4.74 Å². The van der Waals surface area contributed by atoms with E-state index in [2.05, 4.69) is 109 Å². The average Bonchev–Trinajstić information content (AvgIpc) is 3.12. The van der Waals surface area contributed by atoms with Crippen LogP contribution in [0.2, 0.25) is 0 Å². The van der Waals surface area contributed by atoms with Crippen LogP contribution >= 0.6 is 0 Å². The van der Waals surface area contributed by atoms with Gasteiger partial charge in [0, 0.05) is 27.6 Å². The van der Waals surface area contributed by atoms with Gasteiger partial charge >= 0.3 is 0 Å². The molecular formula is C41H25N3O. The van der Waals surface area contributed by atoms with Gasteiger partial charge in [-0.2, -0.15) is 0 Å². The molecule has 0 N–H and O–H groups in total. The number of rotatable bonds is 4. The van der Waals surface area contributed by atoms with E-state index in [9.17, 15) is 0 Å². The van der Waals surface area contributed by atoms with Gasteiger partial charge in [-0.15, -0.1) is 0 Å². The monoisotopic (exact) mass is 575 g/mol. The Kier molecular flexibility index (Phi) is 5.78. The molecule has 0 saturated heterocycles. The van der Waals surface area contributed by atoms with Crippen LogP contribution in [0.3, 0.4) is 0 Å². The second-order valence-electron chi connectivity index (χ2n) is 11.3. The molecule has 0 radical (unpaired) electrons. The van der Waals surface area contributed by atoms with Gasteiger partial charge in [0.25, 0.3) is 0 Å². The molecule has 1 aliphatic heterocycles. The summed E-state index contributed by atoms with van der Waals surface area (Å²) in [6.07, 6.45) is 0. The molecule has 0 amide bonds. The van der Waals surface area contributed by atoms with Gasteiger partial charge in [-0.3, -0.25) is 0 Å². The second kappa shape index (κ2) is 10.2. The van der Waals surface area contributed by atoms with Crippen LogP contribution in [0, 0.1) is 0 Å². The first-order valence-corrected chi connectivity index (χ1v) is 15.0. The Hall–Kier alpha value is -6.13. The summed E-state index contributed by atoms with van der Waals surface area (Å²) in [6.45, 7) is 0. The fourth-order valence-electron chi connectivity index (χ4n) is 6.23. The summed E-state index contributed by atoms with van der Waals surface area (Å²) in [5, 5.41) is 4.67. The van der Waals surface area contributed by atoms with E-state index >= 15 is 0 Å². The van der Waals surface area contributed by atoms with Gasteiger partial charge in [0.05, 0.1) is 0 Å². The summed E-state index contributed by atoms with van der Waals surface area (Å²) < 4.78 is 6.31. The third kappa shape index (κ3) is 4.43. The Morgan fingerprint density at radius 2 is 0.933 bits per heavy atom. The number of benzene rings is 7. The zero-order chi connectivity index (χ0) is 29.7. The number of nitrogens with zero attached hydrogens (tertiary/aromatic N) is 3. The Bertz CT molecular complexity index is 2390. The molecule has 9 rings (SSSR count). The van der Waals surface area contributed by atoms with Gasteiger partial charge in [-0.1, -0.05) is 127 Å². The second-order valence-corrected chi connectivity index (χ2v) is 11.3. The van der Waals surface area contributed by atoms with Gasteiger partial charge in [-0.25, -0.2) is 15.0 Å². The summed E-state index contributed by atoms with van der Waals surface area (Å²) in [6, 6.07) is 52.3. The van der Waals surface area contributed by atoms with Gasteiger partial charge in [0.1, 0.15) is 11.5 Å². The summed E-state index contributed by atoms with van der Waals surface area (Å²) in [5.41, 5.74) is 7.37. The van der Waals surface area contributed by atoms with Crippen LogP contribution in [-0.4, -0.2) is 15.0 Å². The van der Waals surface area contributed by atoms with Crippen molar-refractivity contribution in [2.24, 2.45) is 0 Å². The van der Waals surface area contributed by atoms with Crippen molar-refractivity contribution in [1.29, 1.82) is 0 Å². The Morgan fingerprint density at radius 1 is 0.333 bits per heavy atom. The zero-order valence-corrected chi connectivity index (χ0v) is 24.2. The largest absolute Gasteiger partial charge is 0.456 e. The summed E-state index contributed by atoms with van der Waals surface area (Å²) in [7, 11) is 0. The first-order chi connectivity index (χ1) is 22.3. The van der Waals surface area contributed by atoms with E-state index in [0.29, 0.717) is 17.5 Å². The molecule has 7 aromatic carbocycles. The lowest BCUT2D eigenvalue weighted by Gasteiger charge is -2.22. The van der Waals surface area contributed by atoms with E-state index in [4.69, 9.17) is 19.7 Å². The SMILES string of the molecule is c1ccc(-c2nc(-c3ccc(-c4ccc5c(c4)-c4cccc6cccc(c46)O5)cc3)nc(-c3ccc4ccccc4c3)n2)cc1. The van der Waals surface area contributed by atoms with Crippen LogP contribution in [0.5, 0.6) is 11.5 Å². The molecule has 2 heterocycles. The molecule has 0 aliphatic carbocycles. The van der Waals surface area contributed by atoms with Crippen molar-refractivity contribution >= 4 is 21.5 Å². The van der Waals surface area contributed by atoms with Crippen molar-refractivity contribution in [3.05, 3.63) is 152 Å². The highest BCUT2D eigenvalue weighted by molar-refractivity contribution is 6.04. The van der Waals surface area contributed by atoms with E-state index in [1.807, 2.05) is 42.5 Å². The molecule has 0 saturated carbocycles. The lowest BCUT2D eigenvalue weighted by atomic mass is 9.92. The summed E-state index contributed by atoms with van der Waals surface area (Å²) in [5.74, 6) is 3.72.